The minimum atomic E-state index is -0.490. The van der Waals surface area contributed by atoms with E-state index < -0.39 is 6.04 Å². The molecule has 0 saturated carbocycles. The van der Waals surface area contributed by atoms with Gasteiger partial charge in [0.1, 0.15) is 6.04 Å². The van der Waals surface area contributed by atoms with Crippen LogP contribution in [0.25, 0.3) is 11.1 Å². The molecule has 29 heavy (non-hydrogen) atoms. The van der Waals surface area contributed by atoms with Gasteiger partial charge in [-0.15, -0.1) is 0 Å². The fourth-order valence-corrected chi connectivity index (χ4v) is 3.65. The summed E-state index contributed by atoms with van der Waals surface area (Å²) in [6.45, 7) is 4.34. The number of rotatable bonds is 4. The van der Waals surface area contributed by atoms with Crippen LogP contribution in [0.15, 0.2) is 58.0 Å². The number of aromatic nitrogens is 1. The third-order valence-corrected chi connectivity index (χ3v) is 4.97. The van der Waals surface area contributed by atoms with Gasteiger partial charge in [-0.2, -0.15) is 5.26 Å². The summed E-state index contributed by atoms with van der Waals surface area (Å²) in [5.41, 5.74) is 5.82. The van der Waals surface area contributed by atoms with Crippen molar-refractivity contribution in [2.45, 2.75) is 26.3 Å². The lowest BCUT2D eigenvalue weighted by atomic mass is 9.92. The molecule has 1 N–H and O–H groups in total. The molecular weight excluding hydrogens is 364 g/mol. The predicted octanol–water partition coefficient (Wildman–Crippen LogP) is 3.94. The van der Waals surface area contributed by atoms with E-state index in [1.807, 2.05) is 50.2 Å². The third kappa shape index (κ3) is 3.43. The summed E-state index contributed by atoms with van der Waals surface area (Å²) >= 11 is 0. The lowest BCUT2D eigenvalue weighted by Gasteiger charge is -2.12. The van der Waals surface area contributed by atoms with Crippen LogP contribution in [0.2, 0.25) is 0 Å². The number of benzene rings is 2. The first-order valence-electron chi connectivity index (χ1n) is 9.53. The van der Waals surface area contributed by atoms with Crippen LogP contribution >= 0.6 is 0 Å². The molecule has 1 aliphatic rings. The van der Waals surface area contributed by atoms with Crippen molar-refractivity contribution in [3.8, 4) is 17.2 Å². The number of nitrogens with zero attached hydrogens (tertiary/aromatic N) is 3. The van der Waals surface area contributed by atoms with Crippen molar-refractivity contribution < 1.29 is 9.32 Å². The summed E-state index contributed by atoms with van der Waals surface area (Å²) in [6.07, 6.45) is 0.170. The van der Waals surface area contributed by atoms with Crippen LogP contribution in [-0.4, -0.2) is 23.3 Å². The van der Waals surface area contributed by atoms with Crippen LogP contribution in [0, 0.1) is 18.3 Å². The molecule has 0 fully saturated rings. The molecule has 4 rings (SSSR count). The number of aliphatic imine (C=N–C) groups is 1. The third-order valence-electron chi connectivity index (χ3n) is 4.97. The SMILES string of the molecule is CCNC(=O)C[C@@H]1N=C(c2ccc(C#N)cc2)c2ccccc2-c2c(C)noc21. The van der Waals surface area contributed by atoms with Crippen LogP contribution in [-0.2, 0) is 4.79 Å². The number of hydrogen-bond donors (Lipinski definition) is 1. The first-order valence-corrected chi connectivity index (χ1v) is 9.53. The van der Waals surface area contributed by atoms with Gasteiger partial charge in [0.15, 0.2) is 5.76 Å². The van der Waals surface area contributed by atoms with Crippen molar-refractivity contribution in [3.05, 3.63) is 76.7 Å². The second kappa shape index (κ2) is 7.72. The first-order chi connectivity index (χ1) is 14.1. The Kier molecular flexibility index (Phi) is 4.96. The van der Waals surface area contributed by atoms with Crippen LogP contribution in [0.1, 0.15) is 47.5 Å². The maximum atomic E-state index is 12.4. The molecule has 0 radical (unpaired) electrons. The van der Waals surface area contributed by atoms with E-state index >= 15 is 0 Å². The molecule has 0 bridgehead atoms. The Morgan fingerprint density at radius 3 is 2.59 bits per heavy atom. The Hall–Kier alpha value is -3.72. The van der Waals surface area contributed by atoms with Gasteiger partial charge in [-0.1, -0.05) is 41.6 Å². The molecule has 0 spiro atoms. The molecule has 0 aliphatic carbocycles. The van der Waals surface area contributed by atoms with Gasteiger partial charge in [0, 0.05) is 17.7 Å². The monoisotopic (exact) mass is 384 g/mol. The summed E-state index contributed by atoms with van der Waals surface area (Å²) in [5.74, 6) is 0.510. The second-order valence-electron chi connectivity index (χ2n) is 6.89. The van der Waals surface area contributed by atoms with Crippen molar-refractivity contribution in [1.82, 2.24) is 10.5 Å². The molecule has 0 unspecified atom stereocenters. The van der Waals surface area contributed by atoms with Crippen molar-refractivity contribution in [3.63, 3.8) is 0 Å². The van der Waals surface area contributed by atoms with Crippen LogP contribution < -0.4 is 5.32 Å². The molecule has 1 atom stereocenters. The highest BCUT2D eigenvalue weighted by Crippen LogP contribution is 2.40. The summed E-state index contributed by atoms with van der Waals surface area (Å²) in [6, 6.07) is 16.9. The van der Waals surface area contributed by atoms with E-state index in [1.165, 1.54) is 0 Å². The minimum Gasteiger partial charge on any atom is -0.358 e. The molecule has 2 aromatic carbocycles. The fourth-order valence-electron chi connectivity index (χ4n) is 3.65. The normalized spacial score (nSPS) is 14.8. The van der Waals surface area contributed by atoms with E-state index in [2.05, 4.69) is 16.5 Å². The Morgan fingerprint density at radius 1 is 1.17 bits per heavy atom. The van der Waals surface area contributed by atoms with Crippen LogP contribution in [0.4, 0.5) is 0 Å². The Labute approximate surface area is 168 Å². The maximum Gasteiger partial charge on any atom is 0.222 e. The van der Waals surface area contributed by atoms with Gasteiger partial charge in [0.25, 0.3) is 0 Å². The van der Waals surface area contributed by atoms with Crippen molar-refractivity contribution in [2.75, 3.05) is 6.54 Å². The zero-order chi connectivity index (χ0) is 20.4. The van der Waals surface area contributed by atoms with Crippen molar-refractivity contribution in [2.24, 2.45) is 4.99 Å². The molecule has 1 amide bonds. The van der Waals surface area contributed by atoms with Gasteiger partial charge >= 0.3 is 0 Å². The number of carbonyl (C=O) groups is 1. The van der Waals surface area contributed by atoms with E-state index in [0.717, 1.165) is 33.7 Å². The highest BCUT2D eigenvalue weighted by atomic mass is 16.5. The smallest absolute Gasteiger partial charge is 0.222 e. The van der Waals surface area contributed by atoms with Gasteiger partial charge < -0.3 is 9.84 Å². The molecule has 6 nitrogen and oxygen atoms in total. The lowest BCUT2D eigenvalue weighted by molar-refractivity contribution is -0.121. The maximum absolute atomic E-state index is 12.4. The zero-order valence-electron chi connectivity index (χ0n) is 16.3. The quantitative estimate of drug-likeness (QED) is 0.737. The van der Waals surface area contributed by atoms with Gasteiger partial charge in [0.05, 0.1) is 35.0 Å². The molecule has 1 aliphatic heterocycles. The molecule has 2 heterocycles. The number of carbonyl (C=O) groups excluding carboxylic acids is 1. The number of nitrogens with one attached hydrogen (secondary N) is 1. The minimum absolute atomic E-state index is 0.0913. The standard InChI is InChI=1S/C23H20N4O2/c1-3-25-20(28)12-19-23-21(14(2)27-29-23)17-6-4-5-7-18(17)22(26-19)16-10-8-15(13-24)9-11-16/h4-11,19H,3,12H2,1-2H3,(H,25,28)/t19-/m0/s1. The van der Waals surface area contributed by atoms with Crippen molar-refractivity contribution in [1.29, 1.82) is 5.26 Å². The van der Waals surface area contributed by atoms with Gasteiger partial charge in [-0.05, 0) is 31.5 Å². The lowest BCUT2D eigenvalue weighted by Crippen LogP contribution is -2.24. The highest BCUT2D eigenvalue weighted by molar-refractivity contribution is 6.17. The molecule has 1 aromatic heterocycles. The van der Waals surface area contributed by atoms with Crippen molar-refractivity contribution >= 4 is 11.6 Å². The first kappa shape index (κ1) is 18.6. The highest BCUT2D eigenvalue weighted by Gasteiger charge is 2.31. The molecule has 6 heteroatoms. The largest absolute Gasteiger partial charge is 0.358 e. The average molecular weight is 384 g/mol. The van der Waals surface area contributed by atoms with E-state index in [9.17, 15) is 4.79 Å². The summed E-state index contributed by atoms with van der Waals surface area (Å²) in [5, 5.41) is 16.1. The van der Waals surface area contributed by atoms with Gasteiger partial charge in [-0.25, -0.2) is 0 Å². The Balaban J connectivity index is 1.91. The zero-order valence-corrected chi connectivity index (χ0v) is 16.3. The topological polar surface area (TPSA) is 91.3 Å². The summed E-state index contributed by atoms with van der Waals surface area (Å²) < 4.78 is 5.66. The average Bonchev–Trinajstić information content (AvgIpc) is 3.06. The van der Waals surface area contributed by atoms with Crippen LogP contribution in [0.3, 0.4) is 0 Å². The number of nitriles is 1. The fraction of sp³-hybridized carbons (Fsp3) is 0.217. The number of amides is 1. The van der Waals surface area contributed by atoms with Gasteiger partial charge in [-0.3, -0.25) is 9.79 Å². The molecule has 144 valence electrons. The van der Waals surface area contributed by atoms with E-state index in [-0.39, 0.29) is 12.3 Å². The molecule has 0 saturated heterocycles. The van der Waals surface area contributed by atoms with E-state index in [1.54, 1.807) is 12.1 Å². The number of hydrogen-bond acceptors (Lipinski definition) is 5. The summed E-state index contributed by atoms with van der Waals surface area (Å²) in [7, 11) is 0. The van der Waals surface area contributed by atoms with E-state index in [0.29, 0.717) is 17.9 Å². The number of aryl methyl sites for hydroxylation is 1. The summed E-state index contributed by atoms with van der Waals surface area (Å²) in [4.78, 5) is 17.3. The Morgan fingerprint density at radius 2 is 1.90 bits per heavy atom. The molecule has 3 aromatic rings. The molecular formula is C23H20N4O2. The Bertz CT molecular complexity index is 1140. The van der Waals surface area contributed by atoms with Crippen LogP contribution in [0.5, 0.6) is 0 Å². The van der Waals surface area contributed by atoms with E-state index in [4.69, 9.17) is 14.8 Å². The number of fused-ring (bicyclic) bond motifs is 3. The van der Waals surface area contributed by atoms with Gasteiger partial charge in [0.2, 0.25) is 5.91 Å². The second-order valence-corrected chi connectivity index (χ2v) is 6.89. The predicted molar refractivity (Wildman–Crippen MR) is 110 cm³/mol.